The van der Waals surface area contributed by atoms with Crippen molar-refractivity contribution in [3.05, 3.63) is 36.0 Å². The van der Waals surface area contributed by atoms with Crippen LogP contribution in [-0.4, -0.2) is 0 Å². The van der Waals surface area contributed by atoms with E-state index in [0.29, 0.717) is 0 Å². The quantitative estimate of drug-likeness (QED) is 0.492. The highest BCUT2D eigenvalue weighted by molar-refractivity contribution is 5.24. The fraction of sp³-hybridized carbons (Fsp3) is 0.455. The van der Waals surface area contributed by atoms with E-state index < -0.39 is 0 Å². The van der Waals surface area contributed by atoms with Gasteiger partial charge in [-0.3, -0.25) is 0 Å². The molecule has 0 fully saturated rings. The zero-order valence-electron chi connectivity index (χ0n) is 7.80. The first kappa shape index (κ1) is 10.2. The summed E-state index contributed by atoms with van der Waals surface area (Å²) in [5.41, 5.74) is 1.33. The first-order chi connectivity index (χ1) is 5.31. The molecule has 62 valence electrons. The Morgan fingerprint density at radius 3 is 2.55 bits per heavy atom. The summed E-state index contributed by atoms with van der Waals surface area (Å²) in [6.45, 7) is 6.35. The Bertz CT molecular complexity index is 159. The largest absolute Gasteiger partial charge is 0.0807 e. The highest BCUT2D eigenvalue weighted by Crippen LogP contribution is 2.01. The summed E-state index contributed by atoms with van der Waals surface area (Å²) in [6.07, 6.45) is 13.0. The first-order valence-corrected chi connectivity index (χ1v) is 4.31. The van der Waals surface area contributed by atoms with Gasteiger partial charge in [-0.05, 0) is 13.3 Å². The molecule has 0 N–H and O–H groups in total. The minimum absolute atomic E-state index is 1.08. The van der Waals surface area contributed by atoms with Crippen molar-refractivity contribution in [3.8, 4) is 0 Å². The molecule has 0 amide bonds. The molecule has 0 saturated heterocycles. The predicted octanol–water partition coefficient (Wildman–Crippen LogP) is 3.87. The molecule has 0 aromatic carbocycles. The van der Waals surface area contributed by atoms with Crippen LogP contribution < -0.4 is 0 Å². The molecule has 0 atom stereocenters. The molecule has 0 heterocycles. The Kier molecular flexibility index (Phi) is 6.81. The van der Waals surface area contributed by atoms with Crippen LogP contribution in [0.15, 0.2) is 36.0 Å². The van der Waals surface area contributed by atoms with Crippen LogP contribution in [0.2, 0.25) is 0 Å². The zero-order chi connectivity index (χ0) is 8.53. The summed E-state index contributed by atoms with van der Waals surface area (Å²) in [5.74, 6) is 0. The molecule has 0 bridgehead atoms. The second-order valence-electron chi connectivity index (χ2n) is 2.68. The average Bonchev–Trinajstić information content (AvgIpc) is 2.18. The van der Waals surface area contributed by atoms with Gasteiger partial charge in [-0.1, -0.05) is 56.2 Å². The van der Waals surface area contributed by atoms with Gasteiger partial charge in [-0.2, -0.15) is 0 Å². The fourth-order valence-electron chi connectivity index (χ4n) is 0.686. The summed E-state index contributed by atoms with van der Waals surface area (Å²) in [5, 5.41) is 0. The number of hydrogen-bond donors (Lipinski definition) is 0. The molecule has 11 heavy (non-hydrogen) atoms. The van der Waals surface area contributed by atoms with E-state index in [1.54, 1.807) is 0 Å². The topological polar surface area (TPSA) is 0 Å². The molecule has 1 aliphatic rings. The normalized spacial score (nSPS) is 14.6. The summed E-state index contributed by atoms with van der Waals surface area (Å²) in [6, 6.07) is 0. The van der Waals surface area contributed by atoms with Crippen LogP contribution in [0.3, 0.4) is 0 Å². The van der Waals surface area contributed by atoms with Crippen LogP contribution in [-0.2, 0) is 0 Å². The lowest BCUT2D eigenvalue weighted by Crippen LogP contribution is -1.60. The van der Waals surface area contributed by atoms with E-state index in [1.807, 2.05) is 0 Å². The van der Waals surface area contributed by atoms with Crippen molar-refractivity contribution < 1.29 is 0 Å². The smallest absolute Gasteiger partial charge is 0.0163 e. The van der Waals surface area contributed by atoms with Gasteiger partial charge in [0.05, 0.1) is 0 Å². The van der Waals surface area contributed by atoms with Crippen LogP contribution in [0.5, 0.6) is 0 Å². The Balaban J connectivity index is 0.000000292. The van der Waals surface area contributed by atoms with Gasteiger partial charge in [0.1, 0.15) is 0 Å². The highest BCUT2D eigenvalue weighted by atomic mass is 13.9. The molecule has 0 aliphatic heterocycles. The third kappa shape index (κ3) is 7.11. The summed E-state index contributed by atoms with van der Waals surface area (Å²) < 4.78 is 0. The van der Waals surface area contributed by atoms with Gasteiger partial charge in [0.2, 0.25) is 0 Å². The minimum Gasteiger partial charge on any atom is -0.0807 e. The van der Waals surface area contributed by atoms with E-state index in [9.17, 15) is 0 Å². The van der Waals surface area contributed by atoms with E-state index >= 15 is 0 Å². The van der Waals surface area contributed by atoms with Crippen molar-refractivity contribution in [2.75, 3.05) is 0 Å². The molecule has 0 radical (unpaired) electrons. The van der Waals surface area contributed by atoms with Gasteiger partial charge in [-0.15, -0.1) is 0 Å². The molecule has 0 saturated carbocycles. The second kappa shape index (κ2) is 7.33. The van der Waals surface area contributed by atoms with E-state index in [-0.39, 0.29) is 0 Å². The van der Waals surface area contributed by atoms with Gasteiger partial charge in [0.25, 0.3) is 0 Å². The molecular formula is C11H18. The molecule has 0 aromatic rings. The number of hydrogen-bond acceptors (Lipinski definition) is 0. The van der Waals surface area contributed by atoms with Crippen molar-refractivity contribution in [3.63, 3.8) is 0 Å². The monoisotopic (exact) mass is 150 g/mol. The summed E-state index contributed by atoms with van der Waals surface area (Å²) >= 11 is 0. The molecule has 0 unspecified atom stereocenters. The lowest BCUT2D eigenvalue weighted by Gasteiger charge is -1.80. The van der Waals surface area contributed by atoms with Gasteiger partial charge < -0.3 is 0 Å². The predicted molar refractivity (Wildman–Crippen MR) is 52.6 cm³/mol. The summed E-state index contributed by atoms with van der Waals surface area (Å²) in [4.78, 5) is 0. The van der Waals surface area contributed by atoms with Gasteiger partial charge in [0, 0.05) is 0 Å². The Labute approximate surface area is 70.3 Å². The Morgan fingerprint density at radius 2 is 1.91 bits per heavy atom. The summed E-state index contributed by atoms with van der Waals surface area (Å²) in [7, 11) is 0. The maximum Gasteiger partial charge on any atom is -0.0163 e. The highest BCUT2D eigenvalue weighted by Gasteiger charge is 1.80. The van der Waals surface area contributed by atoms with Crippen molar-refractivity contribution in [1.29, 1.82) is 0 Å². The average molecular weight is 150 g/mol. The van der Waals surface area contributed by atoms with Crippen LogP contribution in [0.1, 0.15) is 33.6 Å². The van der Waals surface area contributed by atoms with Crippen LogP contribution in [0, 0.1) is 0 Å². The molecule has 0 spiro atoms. The van der Waals surface area contributed by atoms with Crippen LogP contribution >= 0.6 is 0 Å². The van der Waals surface area contributed by atoms with Crippen molar-refractivity contribution >= 4 is 0 Å². The van der Waals surface area contributed by atoms with E-state index in [4.69, 9.17) is 0 Å². The lowest BCUT2D eigenvalue weighted by molar-refractivity contribution is 1.09. The molecule has 1 rings (SSSR count). The zero-order valence-corrected chi connectivity index (χ0v) is 7.80. The third-order valence-corrected chi connectivity index (χ3v) is 1.15. The van der Waals surface area contributed by atoms with Gasteiger partial charge >= 0.3 is 0 Å². The fourth-order valence-corrected chi connectivity index (χ4v) is 0.686. The molecule has 1 aliphatic carbocycles. The van der Waals surface area contributed by atoms with Crippen molar-refractivity contribution in [2.24, 2.45) is 0 Å². The standard InChI is InChI=1S/C8H10.C3H8/c1-8-6-4-2-3-5-7-8;1-3-2/h2,4-7H,3H2,1H3;3H2,1-2H3. The third-order valence-electron chi connectivity index (χ3n) is 1.15. The maximum absolute atomic E-state index is 2.16. The van der Waals surface area contributed by atoms with E-state index in [1.165, 1.54) is 12.0 Å². The molecule has 0 nitrogen and oxygen atoms in total. The lowest BCUT2D eigenvalue weighted by atomic mass is 10.3. The Morgan fingerprint density at radius 1 is 1.27 bits per heavy atom. The van der Waals surface area contributed by atoms with Gasteiger partial charge in [0.15, 0.2) is 0 Å². The number of allylic oxidation sites excluding steroid dienone is 6. The Hall–Kier alpha value is -0.780. The molecule has 0 aromatic heterocycles. The van der Waals surface area contributed by atoms with Crippen molar-refractivity contribution in [1.82, 2.24) is 0 Å². The molecule has 0 heteroatoms. The van der Waals surface area contributed by atoms with Crippen LogP contribution in [0.4, 0.5) is 0 Å². The van der Waals surface area contributed by atoms with E-state index in [2.05, 4.69) is 51.2 Å². The number of rotatable bonds is 0. The van der Waals surface area contributed by atoms with Gasteiger partial charge in [-0.25, -0.2) is 0 Å². The van der Waals surface area contributed by atoms with Crippen LogP contribution in [0.25, 0.3) is 0 Å². The second-order valence-corrected chi connectivity index (χ2v) is 2.68. The molecular weight excluding hydrogens is 132 g/mol. The first-order valence-electron chi connectivity index (χ1n) is 4.31. The minimum atomic E-state index is 1.08. The maximum atomic E-state index is 2.16. The van der Waals surface area contributed by atoms with E-state index in [0.717, 1.165) is 6.42 Å². The SMILES string of the molecule is CC1=CC=CCC=C1.CCC. The van der Waals surface area contributed by atoms with Crippen molar-refractivity contribution in [2.45, 2.75) is 33.6 Å².